The molecular weight excluding hydrogens is 388 g/mol. The van der Waals surface area contributed by atoms with E-state index in [9.17, 15) is 4.79 Å². The Hall–Kier alpha value is -2.83. The molecule has 6 nitrogen and oxygen atoms in total. The molecule has 0 unspecified atom stereocenters. The van der Waals surface area contributed by atoms with Gasteiger partial charge in [0.05, 0.1) is 24.4 Å². The minimum absolute atomic E-state index is 0.346. The second-order valence-electron chi connectivity index (χ2n) is 7.32. The predicted molar refractivity (Wildman–Crippen MR) is 114 cm³/mol. The van der Waals surface area contributed by atoms with E-state index in [0.29, 0.717) is 25.3 Å². The Morgan fingerprint density at radius 2 is 1.83 bits per heavy atom. The number of oxazole rings is 1. The van der Waals surface area contributed by atoms with Crippen LogP contribution in [0, 0.1) is 13.8 Å². The standard InChI is InChI=1S/C22H23ClN4O2/c1-15-18(16(2)27(24-15)12-17-8-4-5-9-19(17)23)13-25(3)14-26-20-10-6-7-11-21(20)29-22(26)28/h4-11H,12-14H2,1-3H3. The van der Waals surface area contributed by atoms with Crippen molar-refractivity contribution in [1.82, 2.24) is 19.2 Å². The summed E-state index contributed by atoms with van der Waals surface area (Å²) in [5.74, 6) is -0.346. The van der Waals surface area contributed by atoms with Crippen LogP contribution in [0.2, 0.25) is 5.02 Å². The molecule has 2 heterocycles. The zero-order valence-electron chi connectivity index (χ0n) is 16.7. The van der Waals surface area contributed by atoms with E-state index < -0.39 is 0 Å². The van der Waals surface area contributed by atoms with Gasteiger partial charge in [0.1, 0.15) is 0 Å². The molecule has 0 aliphatic heterocycles. The number of halogens is 1. The van der Waals surface area contributed by atoms with Crippen LogP contribution in [-0.2, 0) is 19.8 Å². The summed E-state index contributed by atoms with van der Waals surface area (Å²) in [6.07, 6.45) is 0. The van der Waals surface area contributed by atoms with Crippen molar-refractivity contribution in [2.45, 2.75) is 33.6 Å². The molecule has 29 heavy (non-hydrogen) atoms. The fourth-order valence-electron chi connectivity index (χ4n) is 3.61. The highest BCUT2D eigenvalue weighted by atomic mass is 35.5. The summed E-state index contributed by atoms with van der Waals surface area (Å²) in [6.45, 7) is 5.82. The van der Waals surface area contributed by atoms with Gasteiger partial charge in [-0.15, -0.1) is 0 Å². The molecule has 4 rings (SSSR count). The molecule has 0 radical (unpaired) electrons. The number of aryl methyl sites for hydroxylation is 1. The highest BCUT2D eigenvalue weighted by molar-refractivity contribution is 6.31. The van der Waals surface area contributed by atoms with Crippen molar-refractivity contribution in [3.8, 4) is 0 Å². The molecule has 0 aliphatic carbocycles. The fraction of sp³-hybridized carbons (Fsp3) is 0.273. The van der Waals surface area contributed by atoms with Gasteiger partial charge in [-0.05, 0) is 44.7 Å². The minimum Gasteiger partial charge on any atom is -0.408 e. The molecule has 0 saturated carbocycles. The monoisotopic (exact) mass is 410 g/mol. The molecular formula is C22H23ClN4O2. The zero-order valence-corrected chi connectivity index (χ0v) is 17.5. The topological polar surface area (TPSA) is 56.2 Å². The second-order valence-corrected chi connectivity index (χ2v) is 7.72. The molecule has 0 N–H and O–H groups in total. The number of fused-ring (bicyclic) bond motifs is 1. The first-order valence-corrected chi connectivity index (χ1v) is 9.85. The SMILES string of the molecule is Cc1nn(Cc2ccccc2Cl)c(C)c1CN(C)Cn1c(=O)oc2ccccc21. The van der Waals surface area contributed by atoms with Crippen LogP contribution in [0.5, 0.6) is 0 Å². The Morgan fingerprint density at radius 1 is 1.10 bits per heavy atom. The minimum atomic E-state index is -0.346. The van der Waals surface area contributed by atoms with Crippen LogP contribution < -0.4 is 5.76 Å². The van der Waals surface area contributed by atoms with E-state index in [4.69, 9.17) is 21.1 Å². The van der Waals surface area contributed by atoms with Crippen molar-refractivity contribution in [1.29, 1.82) is 0 Å². The quantitative estimate of drug-likeness (QED) is 0.478. The molecule has 150 valence electrons. The Kier molecular flexibility index (Phi) is 5.30. The third-order valence-corrected chi connectivity index (χ3v) is 5.56. The van der Waals surface area contributed by atoms with Crippen molar-refractivity contribution in [3.05, 3.63) is 86.6 Å². The van der Waals surface area contributed by atoms with Crippen LogP contribution >= 0.6 is 11.6 Å². The average molecular weight is 411 g/mol. The van der Waals surface area contributed by atoms with Gasteiger partial charge in [-0.1, -0.05) is 41.9 Å². The van der Waals surface area contributed by atoms with E-state index >= 15 is 0 Å². The van der Waals surface area contributed by atoms with Gasteiger partial charge < -0.3 is 4.42 Å². The lowest BCUT2D eigenvalue weighted by Crippen LogP contribution is -2.27. The van der Waals surface area contributed by atoms with Crippen LogP contribution in [0.3, 0.4) is 0 Å². The van der Waals surface area contributed by atoms with Crippen molar-refractivity contribution >= 4 is 22.7 Å². The average Bonchev–Trinajstić information content (AvgIpc) is 3.14. The van der Waals surface area contributed by atoms with Crippen molar-refractivity contribution in [2.24, 2.45) is 0 Å². The van der Waals surface area contributed by atoms with Crippen molar-refractivity contribution < 1.29 is 4.42 Å². The summed E-state index contributed by atoms with van der Waals surface area (Å²) in [5, 5.41) is 5.45. The molecule has 2 aromatic carbocycles. The fourth-order valence-corrected chi connectivity index (χ4v) is 3.81. The van der Waals surface area contributed by atoms with Gasteiger partial charge in [-0.25, -0.2) is 4.79 Å². The molecule has 0 spiro atoms. The summed E-state index contributed by atoms with van der Waals surface area (Å²) in [5.41, 5.74) is 5.67. The molecule has 0 saturated heterocycles. The van der Waals surface area contributed by atoms with Gasteiger partial charge in [-0.3, -0.25) is 14.1 Å². The van der Waals surface area contributed by atoms with Gasteiger partial charge in [0.25, 0.3) is 0 Å². The van der Waals surface area contributed by atoms with E-state index in [1.54, 1.807) is 10.6 Å². The molecule has 7 heteroatoms. The molecule has 0 aliphatic rings. The third kappa shape index (κ3) is 3.86. The van der Waals surface area contributed by atoms with Crippen molar-refractivity contribution in [2.75, 3.05) is 7.05 Å². The Bertz CT molecular complexity index is 1220. The summed E-state index contributed by atoms with van der Waals surface area (Å²) in [4.78, 5) is 14.3. The van der Waals surface area contributed by atoms with Crippen LogP contribution in [0.25, 0.3) is 11.1 Å². The summed E-state index contributed by atoms with van der Waals surface area (Å²) >= 11 is 6.31. The number of benzene rings is 2. The molecule has 2 aromatic heterocycles. The van der Waals surface area contributed by atoms with Crippen LogP contribution in [0.4, 0.5) is 0 Å². The first kappa shape index (κ1) is 19.5. The first-order chi connectivity index (χ1) is 13.9. The van der Waals surface area contributed by atoms with E-state index in [2.05, 4.69) is 11.8 Å². The maximum atomic E-state index is 12.2. The summed E-state index contributed by atoms with van der Waals surface area (Å²) in [6, 6.07) is 15.3. The van der Waals surface area contributed by atoms with E-state index in [1.807, 2.05) is 61.1 Å². The Labute approximate surface area is 173 Å². The Morgan fingerprint density at radius 3 is 2.62 bits per heavy atom. The number of rotatable bonds is 6. The summed E-state index contributed by atoms with van der Waals surface area (Å²) in [7, 11) is 1.98. The Balaban J connectivity index is 1.55. The maximum Gasteiger partial charge on any atom is 0.421 e. The molecule has 0 amide bonds. The van der Waals surface area contributed by atoms with Gasteiger partial charge in [0.15, 0.2) is 5.58 Å². The number of para-hydroxylation sites is 2. The normalized spacial score (nSPS) is 11.6. The van der Waals surface area contributed by atoms with E-state index in [0.717, 1.165) is 33.1 Å². The molecule has 0 bridgehead atoms. The predicted octanol–water partition coefficient (Wildman–Crippen LogP) is 4.20. The summed E-state index contributed by atoms with van der Waals surface area (Å²) < 4.78 is 8.96. The van der Waals surface area contributed by atoms with Crippen molar-refractivity contribution in [3.63, 3.8) is 0 Å². The molecule has 4 aromatic rings. The number of hydrogen-bond acceptors (Lipinski definition) is 4. The number of hydrogen-bond donors (Lipinski definition) is 0. The van der Waals surface area contributed by atoms with Crippen LogP contribution in [0.15, 0.2) is 57.7 Å². The number of nitrogens with zero attached hydrogens (tertiary/aromatic N) is 4. The van der Waals surface area contributed by atoms with E-state index in [-0.39, 0.29) is 5.76 Å². The highest BCUT2D eigenvalue weighted by Gasteiger charge is 2.16. The molecule has 0 atom stereocenters. The van der Waals surface area contributed by atoms with Crippen LogP contribution in [0.1, 0.15) is 22.5 Å². The van der Waals surface area contributed by atoms with E-state index in [1.165, 1.54) is 0 Å². The van der Waals surface area contributed by atoms with Gasteiger partial charge in [-0.2, -0.15) is 5.10 Å². The largest absolute Gasteiger partial charge is 0.421 e. The second kappa shape index (κ2) is 7.89. The lowest BCUT2D eigenvalue weighted by Gasteiger charge is -2.17. The zero-order chi connectivity index (χ0) is 20.5. The number of aromatic nitrogens is 3. The van der Waals surface area contributed by atoms with Gasteiger partial charge >= 0.3 is 5.76 Å². The lowest BCUT2D eigenvalue weighted by molar-refractivity contribution is 0.252. The third-order valence-electron chi connectivity index (χ3n) is 5.19. The smallest absolute Gasteiger partial charge is 0.408 e. The molecule has 0 fully saturated rings. The lowest BCUT2D eigenvalue weighted by atomic mass is 10.2. The van der Waals surface area contributed by atoms with Gasteiger partial charge in [0, 0.05) is 22.8 Å². The highest BCUT2D eigenvalue weighted by Crippen LogP contribution is 2.21. The first-order valence-electron chi connectivity index (χ1n) is 9.47. The maximum absolute atomic E-state index is 12.2. The van der Waals surface area contributed by atoms with Crippen LogP contribution in [-0.4, -0.2) is 26.3 Å². The van der Waals surface area contributed by atoms with Gasteiger partial charge in [0.2, 0.25) is 0 Å².